The molecule has 102 valence electrons. The second kappa shape index (κ2) is 7.81. The van der Waals surface area contributed by atoms with Crippen molar-refractivity contribution in [1.29, 1.82) is 0 Å². The maximum atomic E-state index is 5.66. The first kappa shape index (κ1) is 13.9. The summed E-state index contributed by atoms with van der Waals surface area (Å²) in [6.07, 6.45) is 9.61. The van der Waals surface area contributed by atoms with Gasteiger partial charge < -0.3 is 10.1 Å². The highest BCUT2D eigenvalue weighted by Crippen LogP contribution is 2.24. The van der Waals surface area contributed by atoms with Crippen LogP contribution in [0.4, 0.5) is 0 Å². The molecule has 18 heavy (non-hydrogen) atoms. The summed E-state index contributed by atoms with van der Waals surface area (Å²) < 4.78 is 9.63. The van der Waals surface area contributed by atoms with Crippen molar-refractivity contribution in [3.8, 4) is 0 Å². The largest absolute Gasteiger partial charge is 0.378 e. The van der Waals surface area contributed by atoms with Crippen LogP contribution in [0.25, 0.3) is 0 Å². The highest BCUT2D eigenvalue weighted by Gasteiger charge is 2.17. The van der Waals surface area contributed by atoms with Gasteiger partial charge in [-0.2, -0.15) is 0 Å². The van der Waals surface area contributed by atoms with E-state index in [1.54, 1.807) is 0 Å². The molecule has 1 aromatic heterocycles. The van der Waals surface area contributed by atoms with E-state index in [2.05, 4.69) is 21.8 Å². The third-order valence-corrected chi connectivity index (χ3v) is 4.18. The van der Waals surface area contributed by atoms with Gasteiger partial charge in [-0.05, 0) is 56.6 Å². The molecule has 1 aliphatic heterocycles. The predicted molar refractivity (Wildman–Crippen MR) is 73.8 cm³/mol. The van der Waals surface area contributed by atoms with Crippen molar-refractivity contribution >= 4 is 11.5 Å². The number of hydrogen-bond donors (Lipinski definition) is 1. The molecule has 0 radical (unpaired) electrons. The molecule has 1 aliphatic rings. The van der Waals surface area contributed by atoms with Crippen molar-refractivity contribution in [3.05, 3.63) is 11.1 Å². The molecular formula is C13H23N3OS. The molecule has 2 heterocycles. The quantitative estimate of drug-likeness (QED) is 0.788. The minimum atomic E-state index is 0.423. The molecule has 1 N–H and O–H groups in total. The Kier molecular flexibility index (Phi) is 6.04. The molecule has 1 saturated heterocycles. The minimum absolute atomic E-state index is 0.423. The Bertz CT molecular complexity index is 312. The number of hydrogen-bond acceptors (Lipinski definition) is 5. The summed E-state index contributed by atoms with van der Waals surface area (Å²) >= 11 is 1.51. The van der Waals surface area contributed by atoms with Gasteiger partial charge in [0.2, 0.25) is 0 Å². The predicted octanol–water partition coefficient (Wildman–Crippen LogP) is 2.93. The normalized spacial score (nSPS) is 21.3. The molecule has 0 spiro atoms. The van der Waals surface area contributed by atoms with E-state index in [9.17, 15) is 0 Å². The third-order valence-electron chi connectivity index (χ3n) is 3.41. The molecule has 2 unspecified atom stereocenters. The molecule has 0 bridgehead atoms. The lowest BCUT2D eigenvalue weighted by Gasteiger charge is -2.17. The Labute approximate surface area is 113 Å². The average molecular weight is 269 g/mol. The van der Waals surface area contributed by atoms with Crippen molar-refractivity contribution in [2.75, 3.05) is 13.2 Å². The maximum Gasteiger partial charge on any atom is 0.0669 e. The van der Waals surface area contributed by atoms with Crippen molar-refractivity contribution in [2.45, 2.75) is 57.6 Å². The highest BCUT2D eigenvalue weighted by atomic mass is 32.1. The monoisotopic (exact) mass is 269 g/mol. The van der Waals surface area contributed by atoms with Gasteiger partial charge in [0, 0.05) is 12.6 Å². The van der Waals surface area contributed by atoms with Gasteiger partial charge in [-0.25, -0.2) is 0 Å². The van der Waals surface area contributed by atoms with Crippen molar-refractivity contribution in [2.24, 2.45) is 0 Å². The van der Waals surface area contributed by atoms with Gasteiger partial charge in [0.1, 0.15) is 0 Å². The second-order valence-electron chi connectivity index (χ2n) is 4.89. The van der Waals surface area contributed by atoms with Crippen LogP contribution in [0, 0.1) is 0 Å². The van der Waals surface area contributed by atoms with Crippen molar-refractivity contribution in [3.63, 3.8) is 0 Å². The molecule has 1 fully saturated rings. The third kappa shape index (κ3) is 4.30. The second-order valence-corrected chi connectivity index (χ2v) is 5.71. The Hall–Kier alpha value is -0.520. The van der Waals surface area contributed by atoms with Gasteiger partial charge in [0.05, 0.1) is 17.2 Å². The summed E-state index contributed by atoms with van der Waals surface area (Å²) in [6.45, 7) is 4.21. The maximum absolute atomic E-state index is 5.66. The van der Waals surface area contributed by atoms with E-state index in [1.807, 2.05) is 6.20 Å². The summed E-state index contributed by atoms with van der Waals surface area (Å²) in [7, 11) is 0. The molecule has 4 nitrogen and oxygen atoms in total. The van der Waals surface area contributed by atoms with Crippen LogP contribution in [-0.2, 0) is 4.74 Å². The van der Waals surface area contributed by atoms with Gasteiger partial charge in [-0.15, -0.1) is 5.10 Å². The first-order chi connectivity index (χ1) is 8.90. The number of nitrogens with one attached hydrogen (secondary N) is 1. The van der Waals surface area contributed by atoms with Crippen LogP contribution in [0.3, 0.4) is 0 Å². The number of nitrogens with zero attached hydrogens (tertiary/aromatic N) is 2. The molecule has 1 aromatic rings. The Morgan fingerprint density at radius 2 is 2.56 bits per heavy atom. The van der Waals surface area contributed by atoms with Gasteiger partial charge in [-0.3, -0.25) is 0 Å². The number of rotatable bonds is 8. The Balaban J connectivity index is 1.74. The van der Waals surface area contributed by atoms with Crippen molar-refractivity contribution < 1.29 is 4.74 Å². The van der Waals surface area contributed by atoms with Crippen LogP contribution < -0.4 is 5.32 Å². The fourth-order valence-electron chi connectivity index (χ4n) is 2.41. The van der Waals surface area contributed by atoms with Crippen LogP contribution in [0.5, 0.6) is 0 Å². The molecule has 0 amide bonds. The van der Waals surface area contributed by atoms with E-state index in [0.717, 1.165) is 26.0 Å². The van der Waals surface area contributed by atoms with Crippen LogP contribution in [-0.4, -0.2) is 28.8 Å². The van der Waals surface area contributed by atoms with E-state index >= 15 is 0 Å². The van der Waals surface area contributed by atoms with Crippen LogP contribution in [0.1, 0.15) is 56.4 Å². The molecule has 0 aromatic carbocycles. The number of ether oxygens (including phenoxy) is 1. The van der Waals surface area contributed by atoms with Gasteiger partial charge in [-0.1, -0.05) is 11.4 Å². The summed E-state index contributed by atoms with van der Waals surface area (Å²) in [5.74, 6) is 0. The van der Waals surface area contributed by atoms with E-state index < -0.39 is 0 Å². The minimum Gasteiger partial charge on any atom is -0.378 e. The zero-order valence-electron chi connectivity index (χ0n) is 11.1. The van der Waals surface area contributed by atoms with Gasteiger partial charge in [0.25, 0.3) is 0 Å². The molecule has 2 atom stereocenters. The lowest BCUT2D eigenvalue weighted by atomic mass is 10.0. The fraction of sp³-hybridized carbons (Fsp3) is 0.846. The summed E-state index contributed by atoms with van der Waals surface area (Å²) in [5, 5.41) is 7.53. The van der Waals surface area contributed by atoms with Gasteiger partial charge >= 0.3 is 0 Å². The number of aromatic nitrogens is 2. The van der Waals surface area contributed by atoms with E-state index in [-0.39, 0.29) is 0 Å². The smallest absolute Gasteiger partial charge is 0.0669 e. The highest BCUT2D eigenvalue weighted by molar-refractivity contribution is 7.05. The summed E-state index contributed by atoms with van der Waals surface area (Å²) in [6, 6.07) is 0.423. The lowest BCUT2D eigenvalue weighted by Crippen LogP contribution is -2.21. The first-order valence-corrected chi connectivity index (χ1v) is 7.79. The topological polar surface area (TPSA) is 47.0 Å². The van der Waals surface area contributed by atoms with Crippen LogP contribution in [0.15, 0.2) is 6.20 Å². The summed E-state index contributed by atoms with van der Waals surface area (Å²) in [4.78, 5) is 1.26. The fourth-order valence-corrected chi connectivity index (χ4v) is 3.02. The van der Waals surface area contributed by atoms with Crippen molar-refractivity contribution in [1.82, 2.24) is 14.9 Å². The molecule has 0 saturated carbocycles. The molecule has 5 heteroatoms. The Morgan fingerprint density at radius 1 is 1.61 bits per heavy atom. The average Bonchev–Trinajstić information content (AvgIpc) is 3.05. The first-order valence-electron chi connectivity index (χ1n) is 7.02. The zero-order chi connectivity index (χ0) is 12.6. The van der Waals surface area contributed by atoms with E-state index in [4.69, 9.17) is 4.74 Å². The van der Waals surface area contributed by atoms with E-state index in [1.165, 1.54) is 42.1 Å². The standard InChI is InChI=1S/C13H23N3OS/c1-2-8-14-12(13-10-15-16-18-13)7-3-5-11-6-4-9-17-11/h10-12,14H,2-9H2,1H3. The molecule has 0 aliphatic carbocycles. The summed E-state index contributed by atoms with van der Waals surface area (Å²) in [5.41, 5.74) is 0. The lowest BCUT2D eigenvalue weighted by molar-refractivity contribution is 0.101. The zero-order valence-corrected chi connectivity index (χ0v) is 11.9. The molecule has 2 rings (SSSR count). The molecular weight excluding hydrogens is 246 g/mol. The van der Waals surface area contributed by atoms with Crippen LogP contribution >= 0.6 is 11.5 Å². The Morgan fingerprint density at radius 3 is 3.22 bits per heavy atom. The SMILES string of the molecule is CCCNC(CCCC1CCCO1)c1cnns1. The van der Waals surface area contributed by atoms with Gasteiger partial charge in [0.15, 0.2) is 0 Å². The van der Waals surface area contributed by atoms with E-state index in [0.29, 0.717) is 12.1 Å². The van der Waals surface area contributed by atoms with Crippen LogP contribution in [0.2, 0.25) is 0 Å².